The number of benzene rings is 3. The Labute approximate surface area is 166 Å². The number of rotatable bonds is 5. The molecule has 0 spiro atoms. The van der Waals surface area contributed by atoms with Crippen molar-refractivity contribution >= 4 is 5.97 Å². The number of carbonyl (C=O) groups is 1. The van der Waals surface area contributed by atoms with Gasteiger partial charge in [-0.15, -0.1) is 0 Å². The van der Waals surface area contributed by atoms with Crippen molar-refractivity contribution < 1.29 is 27.8 Å². The van der Waals surface area contributed by atoms with E-state index in [2.05, 4.69) is 0 Å². The summed E-state index contributed by atoms with van der Waals surface area (Å²) < 4.78 is 44.2. The number of hydrogen-bond acceptors (Lipinski definition) is 4. The van der Waals surface area contributed by atoms with Crippen LogP contribution in [0.2, 0.25) is 0 Å². The number of halogens is 2. The molecule has 0 N–H and O–H groups in total. The molecule has 0 aromatic heterocycles. The first-order valence-corrected chi connectivity index (χ1v) is 9.13. The maximum Gasteiger partial charge on any atom is 0.310 e. The molecule has 0 radical (unpaired) electrons. The topological polar surface area (TPSA) is 44.8 Å². The van der Waals surface area contributed by atoms with Crippen LogP contribution >= 0.6 is 0 Å². The fourth-order valence-electron chi connectivity index (χ4n) is 3.18. The Morgan fingerprint density at radius 1 is 1.00 bits per heavy atom. The lowest BCUT2D eigenvalue weighted by atomic mass is 10.1. The van der Waals surface area contributed by atoms with Crippen LogP contribution in [0.4, 0.5) is 8.78 Å². The van der Waals surface area contributed by atoms with Gasteiger partial charge in [-0.1, -0.05) is 42.5 Å². The van der Waals surface area contributed by atoms with Crippen molar-refractivity contribution in [1.29, 1.82) is 0 Å². The Morgan fingerprint density at radius 2 is 1.83 bits per heavy atom. The van der Waals surface area contributed by atoms with Gasteiger partial charge >= 0.3 is 5.97 Å². The second-order valence-corrected chi connectivity index (χ2v) is 6.69. The van der Waals surface area contributed by atoms with E-state index < -0.39 is 23.9 Å². The van der Waals surface area contributed by atoms with Gasteiger partial charge < -0.3 is 14.2 Å². The standard InChI is InChI=1S/C23H18F2O4/c24-19-8-4-5-15(9-19)10-21(26)27-13-17-11-20(25)12-18-14-28-23(29-22(17)18)16-6-2-1-3-7-16/h1-9,11-12,23H,10,13-14H2/t23-/m1/s1. The lowest BCUT2D eigenvalue weighted by Crippen LogP contribution is -2.20. The molecule has 148 valence electrons. The van der Waals surface area contributed by atoms with Crippen molar-refractivity contribution in [2.45, 2.75) is 25.9 Å². The third kappa shape index (κ3) is 4.60. The van der Waals surface area contributed by atoms with Gasteiger partial charge in [0.25, 0.3) is 0 Å². The largest absolute Gasteiger partial charge is 0.460 e. The first-order chi connectivity index (χ1) is 14.1. The predicted octanol–water partition coefficient (Wildman–Crippen LogP) is 4.86. The van der Waals surface area contributed by atoms with E-state index in [1.807, 2.05) is 30.3 Å². The van der Waals surface area contributed by atoms with E-state index in [1.54, 1.807) is 6.07 Å². The molecule has 6 heteroatoms. The van der Waals surface area contributed by atoms with Gasteiger partial charge in [-0.2, -0.15) is 0 Å². The predicted molar refractivity (Wildman–Crippen MR) is 101 cm³/mol. The van der Waals surface area contributed by atoms with Crippen LogP contribution in [0.3, 0.4) is 0 Å². The van der Waals surface area contributed by atoms with Gasteiger partial charge in [0.15, 0.2) is 0 Å². The number of fused-ring (bicyclic) bond motifs is 1. The summed E-state index contributed by atoms with van der Waals surface area (Å²) in [5.74, 6) is -0.981. The molecule has 3 aromatic carbocycles. The maximum absolute atomic E-state index is 14.0. The molecule has 1 heterocycles. The van der Waals surface area contributed by atoms with Crippen LogP contribution in [-0.2, 0) is 33.9 Å². The van der Waals surface area contributed by atoms with E-state index >= 15 is 0 Å². The summed E-state index contributed by atoms with van der Waals surface area (Å²) in [6, 6.07) is 17.7. The molecule has 0 aliphatic carbocycles. The van der Waals surface area contributed by atoms with Crippen molar-refractivity contribution in [2.24, 2.45) is 0 Å². The highest BCUT2D eigenvalue weighted by Crippen LogP contribution is 2.36. The average Bonchev–Trinajstić information content (AvgIpc) is 2.72. The highest BCUT2D eigenvalue weighted by molar-refractivity contribution is 5.72. The van der Waals surface area contributed by atoms with E-state index in [4.69, 9.17) is 14.2 Å². The van der Waals surface area contributed by atoms with Crippen LogP contribution in [0.25, 0.3) is 0 Å². The Balaban J connectivity index is 1.48. The van der Waals surface area contributed by atoms with Crippen LogP contribution in [0.1, 0.15) is 28.5 Å². The number of hydrogen-bond donors (Lipinski definition) is 0. The fourth-order valence-corrected chi connectivity index (χ4v) is 3.18. The summed E-state index contributed by atoms with van der Waals surface area (Å²) in [6.07, 6.45) is -0.706. The molecule has 0 unspecified atom stereocenters. The normalized spacial score (nSPS) is 15.3. The van der Waals surface area contributed by atoms with E-state index in [0.717, 1.165) is 5.56 Å². The average molecular weight is 396 g/mol. The fraction of sp³-hybridized carbons (Fsp3) is 0.174. The number of esters is 1. The molecule has 0 bridgehead atoms. The lowest BCUT2D eigenvalue weighted by Gasteiger charge is -2.28. The van der Waals surface area contributed by atoms with E-state index in [0.29, 0.717) is 22.4 Å². The zero-order valence-corrected chi connectivity index (χ0v) is 15.4. The highest BCUT2D eigenvalue weighted by Gasteiger charge is 2.25. The summed E-state index contributed by atoms with van der Waals surface area (Å²) in [5.41, 5.74) is 2.30. The van der Waals surface area contributed by atoms with Gasteiger partial charge in [0.1, 0.15) is 24.0 Å². The molecule has 1 aliphatic heterocycles. The zero-order chi connectivity index (χ0) is 20.2. The summed E-state index contributed by atoms with van der Waals surface area (Å²) in [6.45, 7) is 0.0205. The second kappa shape index (κ2) is 8.41. The Morgan fingerprint density at radius 3 is 2.62 bits per heavy atom. The lowest BCUT2D eigenvalue weighted by molar-refractivity contribution is -0.144. The summed E-state index contributed by atoms with van der Waals surface area (Å²) in [4.78, 5) is 12.1. The smallest absolute Gasteiger partial charge is 0.310 e. The number of ether oxygens (including phenoxy) is 3. The van der Waals surface area contributed by atoms with Gasteiger partial charge in [0, 0.05) is 16.7 Å². The van der Waals surface area contributed by atoms with Gasteiger partial charge in [0.05, 0.1) is 13.0 Å². The first-order valence-electron chi connectivity index (χ1n) is 9.13. The van der Waals surface area contributed by atoms with Crippen molar-refractivity contribution in [3.8, 4) is 5.75 Å². The van der Waals surface area contributed by atoms with Gasteiger partial charge in [0.2, 0.25) is 6.29 Å². The molecule has 0 amide bonds. The van der Waals surface area contributed by atoms with Crippen LogP contribution in [-0.4, -0.2) is 5.97 Å². The van der Waals surface area contributed by atoms with Gasteiger partial charge in [-0.25, -0.2) is 8.78 Å². The molecular formula is C23H18F2O4. The van der Waals surface area contributed by atoms with E-state index in [1.165, 1.54) is 30.3 Å². The third-order valence-corrected chi connectivity index (χ3v) is 4.52. The van der Waals surface area contributed by atoms with Crippen molar-refractivity contribution in [2.75, 3.05) is 0 Å². The second-order valence-electron chi connectivity index (χ2n) is 6.69. The van der Waals surface area contributed by atoms with E-state index in [-0.39, 0.29) is 19.6 Å². The molecule has 1 atom stereocenters. The maximum atomic E-state index is 14.0. The quantitative estimate of drug-likeness (QED) is 0.578. The molecule has 1 aliphatic rings. The molecular weight excluding hydrogens is 378 g/mol. The highest BCUT2D eigenvalue weighted by atomic mass is 19.1. The minimum atomic E-state index is -0.629. The molecule has 0 saturated carbocycles. The zero-order valence-electron chi connectivity index (χ0n) is 15.4. The minimum absolute atomic E-state index is 0.0775. The summed E-state index contributed by atoms with van der Waals surface area (Å²) in [7, 11) is 0. The van der Waals surface area contributed by atoms with Crippen molar-refractivity contribution in [1.82, 2.24) is 0 Å². The molecule has 4 nitrogen and oxygen atoms in total. The third-order valence-electron chi connectivity index (χ3n) is 4.52. The molecule has 29 heavy (non-hydrogen) atoms. The Hall–Kier alpha value is -3.25. The SMILES string of the molecule is O=C(Cc1cccc(F)c1)OCc1cc(F)cc2c1O[C@H](c1ccccc1)OC2. The van der Waals surface area contributed by atoms with Crippen molar-refractivity contribution in [3.63, 3.8) is 0 Å². The molecule has 4 rings (SSSR count). The first kappa shape index (κ1) is 19.1. The van der Waals surface area contributed by atoms with Gasteiger partial charge in [-0.05, 0) is 29.8 Å². The monoisotopic (exact) mass is 396 g/mol. The van der Waals surface area contributed by atoms with Crippen LogP contribution in [0.15, 0.2) is 66.7 Å². The van der Waals surface area contributed by atoms with E-state index in [9.17, 15) is 13.6 Å². The molecule has 0 fully saturated rings. The van der Waals surface area contributed by atoms with Crippen LogP contribution < -0.4 is 4.74 Å². The Bertz CT molecular complexity index is 1020. The minimum Gasteiger partial charge on any atom is -0.460 e. The van der Waals surface area contributed by atoms with Crippen LogP contribution in [0.5, 0.6) is 5.75 Å². The van der Waals surface area contributed by atoms with Crippen LogP contribution in [0, 0.1) is 11.6 Å². The number of carbonyl (C=O) groups excluding carboxylic acids is 1. The van der Waals surface area contributed by atoms with Gasteiger partial charge in [-0.3, -0.25) is 4.79 Å². The summed E-state index contributed by atoms with van der Waals surface area (Å²) >= 11 is 0. The molecule has 0 saturated heterocycles. The molecule has 3 aromatic rings. The Kier molecular flexibility index (Phi) is 5.53. The summed E-state index contributed by atoms with van der Waals surface area (Å²) in [5, 5.41) is 0. The van der Waals surface area contributed by atoms with Crippen molar-refractivity contribution in [3.05, 3.63) is 101 Å².